The minimum Gasteiger partial charge on any atom is -0.455 e. The molecule has 0 amide bonds. The van der Waals surface area contributed by atoms with Gasteiger partial charge >= 0.3 is 5.97 Å². The van der Waals surface area contributed by atoms with Crippen LogP contribution in [0.1, 0.15) is 29.9 Å². The van der Waals surface area contributed by atoms with E-state index >= 15 is 0 Å². The SMILES string of the molecule is CCN(CC)S(=O)(=O)c1cc(C(=O)OCc2cc(-c3cccs3)on2)ccc1F. The highest BCUT2D eigenvalue weighted by molar-refractivity contribution is 7.89. The molecule has 154 valence electrons. The second-order valence-corrected chi connectivity index (χ2v) is 8.82. The number of sulfonamides is 1. The normalized spacial score (nSPS) is 11.7. The molecule has 0 unspecified atom stereocenters. The standard InChI is InChI=1S/C19H19FN2O5S2/c1-3-22(4-2)29(24,25)18-10-13(7-8-15(18)20)19(23)26-12-14-11-16(27-21-14)17-6-5-9-28-17/h5-11H,3-4,12H2,1-2H3. The van der Waals surface area contributed by atoms with E-state index < -0.39 is 26.7 Å². The van der Waals surface area contributed by atoms with Crippen molar-refractivity contribution in [2.75, 3.05) is 13.1 Å². The monoisotopic (exact) mass is 438 g/mol. The fraction of sp³-hybridized carbons (Fsp3) is 0.263. The number of benzene rings is 1. The van der Waals surface area contributed by atoms with Crippen LogP contribution in [-0.2, 0) is 21.4 Å². The molecule has 29 heavy (non-hydrogen) atoms. The first-order chi connectivity index (χ1) is 13.9. The van der Waals surface area contributed by atoms with E-state index in [0.29, 0.717) is 11.5 Å². The van der Waals surface area contributed by atoms with E-state index in [1.165, 1.54) is 17.4 Å². The van der Waals surface area contributed by atoms with Gasteiger partial charge < -0.3 is 9.26 Å². The van der Waals surface area contributed by atoms with Crippen LogP contribution in [0.5, 0.6) is 0 Å². The van der Waals surface area contributed by atoms with E-state index in [4.69, 9.17) is 9.26 Å². The van der Waals surface area contributed by atoms with Gasteiger partial charge in [-0.1, -0.05) is 25.1 Å². The molecule has 0 aliphatic rings. The lowest BCUT2D eigenvalue weighted by Crippen LogP contribution is -2.31. The topological polar surface area (TPSA) is 89.7 Å². The van der Waals surface area contributed by atoms with Gasteiger partial charge in [-0.25, -0.2) is 17.6 Å². The summed E-state index contributed by atoms with van der Waals surface area (Å²) in [5, 5.41) is 5.74. The average Bonchev–Trinajstić information content (AvgIpc) is 3.38. The first-order valence-corrected chi connectivity index (χ1v) is 11.1. The van der Waals surface area contributed by atoms with E-state index in [0.717, 1.165) is 21.3 Å². The van der Waals surface area contributed by atoms with Crippen molar-refractivity contribution in [3.05, 3.63) is 58.9 Å². The number of aromatic nitrogens is 1. The summed E-state index contributed by atoms with van der Waals surface area (Å²) in [5.41, 5.74) is 0.332. The number of halogens is 1. The maximum absolute atomic E-state index is 14.2. The quantitative estimate of drug-likeness (QED) is 0.495. The highest BCUT2D eigenvalue weighted by Crippen LogP contribution is 2.26. The van der Waals surface area contributed by atoms with Crippen molar-refractivity contribution in [2.45, 2.75) is 25.3 Å². The van der Waals surface area contributed by atoms with E-state index in [1.807, 2.05) is 17.5 Å². The summed E-state index contributed by atoms with van der Waals surface area (Å²) >= 11 is 1.48. The molecule has 0 saturated heterocycles. The largest absolute Gasteiger partial charge is 0.455 e. The first-order valence-electron chi connectivity index (χ1n) is 8.83. The number of carbonyl (C=O) groups excluding carboxylic acids is 1. The third kappa shape index (κ3) is 4.55. The van der Waals surface area contributed by atoms with Gasteiger partial charge in [0.15, 0.2) is 5.76 Å². The zero-order valence-corrected chi connectivity index (χ0v) is 17.4. The summed E-state index contributed by atoms with van der Waals surface area (Å²) in [6.45, 7) is 3.51. The van der Waals surface area contributed by atoms with Gasteiger partial charge in [-0.15, -0.1) is 11.3 Å². The fourth-order valence-electron chi connectivity index (χ4n) is 2.67. The summed E-state index contributed by atoms with van der Waals surface area (Å²) in [5.74, 6) is -1.16. The summed E-state index contributed by atoms with van der Waals surface area (Å²) < 4.78 is 50.9. The summed E-state index contributed by atoms with van der Waals surface area (Å²) in [4.78, 5) is 12.7. The molecule has 0 spiro atoms. The molecule has 2 aromatic heterocycles. The van der Waals surface area contributed by atoms with Crippen molar-refractivity contribution in [3.63, 3.8) is 0 Å². The summed E-state index contributed by atoms with van der Waals surface area (Å²) in [6.07, 6.45) is 0. The van der Waals surface area contributed by atoms with Crippen molar-refractivity contribution >= 4 is 27.3 Å². The Morgan fingerprint density at radius 3 is 2.66 bits per heavy atom. The Hall–Kier alpha value is -2.56. The number of ether oxygens (including phenoxy) is 1. The number of rotatable bonds is 8. The van der Waals surface area contributed by atoms with Crippen LogP contribution < -0.4 is 0 Å². The highest BCUT2D eigenvalue weighted by Gasteiger charge is 2.26. The maximum Gasteiger partial charge on any atom is 0.338 e. The predicted octanol–water partition coefficient (Wildman–Crippen LogP) is 3.93. The molecule has 0 aliphatic carbocycles. The highest BCUT2D eigenvalue weighted by atomic mass is 32.2. The number of nitrogens with zero attached hydrogens (tertiary/aromatic N) is 2. The van der Waals surface area contributed by atoms with E-state index in [2.05, 4.69) is 5.16 Å². The van der Waals surface area contributed by atoms with Crippen LogP contribution in [0.4, 0.5) is 4.39 Å². The Balaban J connectivity index is 1.75. The van der Waals surface area contributed by atoms with Crippen LogP contribution in [0.3, 0.4) is 0 Å². The second kappa shape index (κ2) is 8.85. The number of esters is 1. The van der Waals surface area contributed by atoms with Gasteiger partial charge in [0.2, 0.25) is 10.0 Å². The fourth-order valence-corrected chi connectivity index (χ4v) is 4.89. The molecule has 0 radical (unpaired) electrons. The van der Waals surface area contributed by atoms with Gasteiger partial charge in [0.1, 0.15) is 23.0 Å². The van der Waals surface area contributed by atoms with E-state index in [-0.39, 0.29) is 25.3 Å². The van der Waals surface area contributed by atoms with Crippen molar-refractivity contribution in [3.8, 4) is 10.6 Å². The Kier molecular flexibility index (Phi) is 6.46. The van der Waals surface area contributed by atoms with Crippen LogP contribution in [0, 0.1) is 5.82 Å². The van der Waals surface area contributed by atoms with Crippen LogP contribution in [-0.4, -0.2) is 36.9 Å². The average molecular weight is 439 g/mol. The summed E-state index contributed by atoms with van der Waals surface area (Å²) in [6, 6.07) is 8.51. The molecular formula is C19H19FN2O5S2. The lowest BCUT2D eigenvalue weighted by atomic mass is 10.2. The molecule has 0 aliphatic heterocycles. The molecule has 10 heteroatoms. The third-order valence-electron chi connectivity index (χ3n) is 4.16. The smallest absolute Gasteiger partial charge is 0.338 e. The predicted molar refractivity (Wildman–Crippen MR) is 105 cm³/mol. The molecule has 0 atom stereocenters. The number of hydrogen-bond donors (Lipinski definition) is 0. The van der Waals surface area contributed by atoms with Gasteiger partial charge in [-0.05, 0) is 29.6 Å². The van der Waals surface area contributed by atoms with Crippen molar-refractivity contribution < 1.29 is 26.9 Å². The molecular weight excluding hydrogens is 419 g/mol. The van der Waals surface area contributed by atoms with Crippen LogP contribution in [0.2, 0.25) is 0 Å². The Labute approximate surface area is 171 Å². The molecule has 0 fully saturated rings. The molecule has 3 aromatic rings. The molecule has 0 saturated carbocycles. The number of carbonyl (C=O) groups is 1. The Bertz CT molecular complexity index is 1090. The number of hydrogen-bond acceptors (Lipinski definition) is 7. The van der Waals surface area contributed by atoms with Crippen LogP contribution >= 0.6 is 11.3 Å². The van der Waals surface area contributed by atoms with Crippen molar-refractivity contribution in [2.24, 2.45) is 0 Å². The molecule has 0 N–H and O–H groups in total. The Morgan fingerprint density at radius 1 is 1.24 bits per heavy atom. The van der Waals surface area contributed by atoms with Gasteiger partial charge in [0.05, 0.1) is 10.4 Å². The third-order valence-corrected chi connectivity index (χ3v) is 7.11. The number of thiophene rings is 1. The lowest BCUT2D eigenvalue weighted by Gasteiger charge is -2.19. The van der Waals surface area contributed by atoms with Crippen LogP contribution in [0.15, 0.2) is 51.2 Å². The Morgan fingerprint density at radius 2 is 2.00 bits per heavy atom. The zero-order valence-electron chi connectivity index (χ0n) is 15.8. The van der Waals surface area contributed by atoms with Gasteiger partial charge in [0, 0.05) is 19.2 Å². The van der Waals surface area contributed by atoms with Crippen molar-refractivity contribution in [1.29, 1.82) is 0 Å². The molecule has 7 nitrogen and oxygen atoms in total. The first kappa shape index (κ1) is 21.2. The minimum atomic E-state index is -4.05. The van der Waals surface area contributed by atoms with E-state index in [9.17, 15) is 17.6 Å². The lowest BCUT2D eigenvalue weighted by molar-refractivity contribution is 0.0464. The molecule has 3 rings (SSSR count). The molecule has 0 bridgehead atoms. The second-order valence-electron chi connectivity index (χ2n) is 5.97. The van der Waals surface area contributed by atoms with Crippen molar-refractivity contribution in [1.82, 2.24) is 9.46 Å². The maximum atomic E-state index is 14.2. The van der Waals surface area contributed by atoms with Gasteiger partial charge in [-0.3, -0.25) is 0 Å². The summed E-state index contributed by atoms with van der Waals surface area (Å²) in [7, 11) is -4.05. The molecule has 1 aromatic carbocycles. The van der Waals surface area contributed by atoms with Gasteiger partial charge in [-0.2, -0.15) is 4.31 Å². The zero-order chi connectivity index (χ0) is 21.0. The van der Waals surface area contributed by atoms with Gasteiger partial charge in [0.25, 0.3) is 0 Å². The van der Waals surface area contributed by atoms with Crippen LogP contribution in [0.25, 0.3) is 10.6 Å². The molecule has 2 heterocycles. The minimum absolute atomic E-state index is 0.0703. The van der Waals surface area contributed by atoms with E-state index in [1.54, 1.807) is 19.9 Å².